The SMILES string of the molecule is O=C(NC1O[C@H](CO)[C@@H](O)[C@H]1OP(=O)(O)OP(=O)(O)O)c1cccnc1. The number of rotatable bonds is 7. The summed E-state index contributed by atoms with van der Waals surface area (Å²) in [7, 11) is -10.7. The predicted octanol–water partition coefficient (Wildman–Crippen LogP) is -1.52. The van der Waals surface area contributed by atoms with Crippen LogP contribution in [0, 0.1) is 0 Å². The summed E-state index contributed by atoms with van der Waals surface area (Å²) in [6.07, 6.45) is -3.67. The minimum Gasteiger partial charge on any atom is -0.394 e. The average molecular weight is 414 g/mol. The number of carbonyl (C=O) groups excluding carboxylic acids is 1. The predicted molar refractivity (Wildman–Crippen MR) is 81.3 cm³/mol. The van der Waals surface area contributed by atoms with Gasteiger partial charge in [0.05, 0.1) is 12.2 Å². The smallest absolute Gasteiger partial charge is 0.394 e. The Morgan fingerprint density at radius 3 is 2.58 bits per heavy atom. The Bertz CT molecular complexity index is 726. The lowest BCUT2D eigenvalue weighted by Crippen LogP contribution is -2.45. The van der Waals surface area contributed by atoms with Crippen LogP contribution in [0.2, 0.25) is 0 Å². The molecule has 0 bridgehead atoms. The molecule has 146 valence electrons. The van der Waals surface area contributed by atoms with Crippen LogP contribution in [-0.2, 0) is 22.7 Å². The molecule has 2 unspecified atom stereocenters. The summed E-state index contributed by atoms with van der Waals surface area (Å²) in [5, 5.41) is 21.4. The number of aliphatic hydroxyl groups excluding tert-OH is 2. The van der Waals surface area contributed by atoms with Crippen molar-refractivity contribution in [3.8, 4) is 0 Å². The zero-order valence-corrected chi connectivity index (χ0v) is 14.6. The van der Waals surface area contributed by atoms with Gasteiger partial charge in [-0.1, -0.05) is 0 Å². The number of ether oxygens (including phenoxy) is 1. The Labute approximate surface area is 146 Å². The minimum atomic E-state index is -5.39. The first-order valence-corrected chi connectivity index (χ1v) is 9.98. The summed E-state index contributed by atoms with van der Waals surface area (Å²) < 4.78 is 35.8. The molecule has 13 nitrogen and oxygen atoms in total. The molecule has 0 aliphatic carbocycles. The lowest BCUT2D eigenvalue weighted by Gasteiger charge is -2.23. The zero-order chi connectivity index (χ0) is 19.5. The largest absolute Gasteiger partial charge is 0.481 e. The fraction of sp³-hybridized carbons (Fsp3) is 0.455. The topological polar surface area (TPSA) is 205 Å². The van der Waals surface area contributed by atoms with Gasteiger partial charge in [0.2, 0.25) is 0 Å². The van der Waals surface area contributed by atoms with Crippen LogP contribution in [-0.4, -0.2) is 66.9 Å². The van der Waals surface area contributed by atoms with E-state index in [2.05, 4.69) is 19.1 Å². The Morgan fingerprint density at radius 2 is 2.04 bits per heavy atom. The first-order valence-electron chi connectivity index (χ1n) is 6.96. The van der Waals surface area contributed by atoms with E-state index in [9.17, 15) is 23.9 Å². The first kappa shape index (κ1) is 21.1. The number of hydrogen-bond acceptors (Lipinski definition) is 9. The number of nitrogens with one attached hydrogen (secondary N) is 1. The molecule has 1 aliphatic rings. The molecule has 1 saturated heterocycles. The van der Waals surface area contributed by atoms with Crippen molar-refractivity contribution in [2.45, 2.75) is 24.5 Å². The van der Waals surface area contributed by atoms with Gasteiger partial charge in [-0.25, -0.2) is 9.13 Å². The molecule has 1 aromatic rings. The van der Waals surface area contributed by atoms with Gasteiger partial charge in [0.1, 0.15) is 18.3 Å². The normalized spacial score (nSPS) is 28.5. The van der Waals surface area contributed by atoms with Crippen LogP contribution in [0.1, 0.15) is 10.4 Å². The number of amides is 1. The van der Waals surface area contributed by atoms with E-state index in [0.717, 1.165) is 0 Å². The van der Waals surface area contributed by atoms with Gasteiger partial charge in [0.15, 0.2) is 6.23 Å². The van der Waals surface area contributed by atoms with Crippen molar-refractivity contribution in [3.63, 3.8) is 0 Å². The van der Waals surface area contributed by atoms with Gasteiger partial charge >= 0.3 is 15.6 Å². The van der Waals surface area contributed by atoms with Gasteiger partial charge in [0.25, 0.3) is 5.91 Å². The van der Waals surface area contributed by atoms with E-state index in [1.807, 2.05) is 0 Å². The third-order valence-corrected chi connectivity index (χ3v) is 5.37. The van der Waals surface area contributed by atoms with E-state index in [-0.39, 0.29) is 5.56 Å². The van der Waals surface area contributed by atoms with Gasteiger partial charge in [-0.15, -0.1) is 0 Å². The van der Waals surface area contributed by atoms with Crippen LogP contribution in [0.25, 0.3) is 0 Å². The van der Waals surface area contributed by atoms with Crippen molar-refractivity contribution >= 4 is 21.6 Å². The number of carbonyl (C=O) groups is 1. The number of aliphatic hydroxyl groups is 2. The first-order chi connectivity index (χ1) is 12.0. The van der Waals surface area contributed by atoms with Crippen LogP contribution in [0.3, 0.4) is 0 Å². The van der Waals surface area contributed by atoms with E-state index in [1.54, 1.807) is 0 Å². The zero-order valence-electron chi connectivity index (χ0n) is 12.9. The lowest BCUT2D eigenvalue weighted by molar-refractivity contribution is -0.0303. The summed E-state index contributed by atoms with van der Waals surface area (Å²) >= 11 is 0. The van der Waals surface area contributed by atoms with Crippen molar-refractivity contribution < 1.29 is 52.4 Å². The fourth-order valence-corrected chi connectivity index (χ4v) is 3.91. The summed E-state index contributed by atoms with van der Waals surface area (Å²) in [6.45, 7) is -0.727. The molecule has 5 atom stereocenters. The molecule has 2 rings (SSSR count). The Balaban J connectivity index is 2.16. The highest BCUT2D eigenvalue weighted by Gasteiger charge is 2.49. The molecular formula is C11H16N2O11P2. The molecule has 1 fully saturated rings. The van der Waals surface area contributed by atoms with E-state index in [4.69, 9.17) is 19.6 Å². The van der Waals surface area contributed by atoms with Crippen molar-refractivity contribution in [2.24, 2.45) is 0 Å². The van der Waals surface area contributed by atoms with E-state index < -0.39 is 52.7 Å². The number of nitrogens with zero attached hydrogens (tertiary/aromatic N) is 1. The molecule has 1 aliphatic heterocycles. The second kappa shape index (κ2) is 8.19. The quantitative estimate of drug-likeness (QED) is 0.282. The molecule has 1 aromatic heterocycles. The molecule has 6 N–H and O–H groups in total. The monoisotopic (exact) mass is 414 g/mol. The highest BCUT2D eigenvalue weighted by atomic mass is 31.3. The highest BCUT2D eigenvalue weighted by Crippen LogP contribution is 2.58. The van der Waals surface area contributed by atoms with Crippen LogP contribution in [0.15, 0.2) is 24.5 Å². The van der Waals surface area contributed by atoms with Crippen molar-refractivity contribution in [1.29, 1.82) is 0 Å². The van der Waals surface area contributed by atoms with Crippen LogP contribution < -0.4 is 5.32 Å². The van der Waals surface area contributed by atoms with E-state index in [1.165, 1.54) is 24.5 Å². The second-order valence-corrected chi connectivity index (χ2v) is 7.88. The number of pyridine rings is 1. The third-order valence-electron chi connectivity index (χ3n) is 3.18. The van der Waals surface area contributed by atoms with Crippen molar-refractivity contribution in [1.82, 2.24) is 10.3 Å². The number of phosphoric acid groups is 2. The van der Waals surface area contributed by atoms with Crippen LogP contribution >= 0.6 is 15.6 Å². The highest BCUT2D eigenvalue weighted by molar-refractivity contribution is 7.60. The fourth-order valence-electron chi connectivity index (χ4n) is 2.14. The maximum Gasteiger partial charge on any atom is 0.481 e. The Morgan fingerprint density at radius 1 is 1.35 bits per heavy atom. The second-order valence-electron chi connectivity index (χ2n) is 5.09. The third kappa shape index (κ3) is 5.63. The van der Waals surface area contributed by atoms with Gasteiger partial charge in [-0.2, -0.15) is 4.31 Å². The molecule has 0 saturated carbocycles. The summed E-state index contributed by atoms with van der Waals surface area (Å²) in [5.41, 5.74) is 0.0930. The molecule has 0 aromatic carbocycles. The summed E-state index contributed by atoms with van der Waals surface area (Å²) in [6, 6.07) is 2.88. The van der Waals surface area contributed by atoms with E-state index >= 15 is 0 Å². The number of phosphoric ester groups is 1. The lowest BCUT2D eigenvalue weighted by atomic mass is 10.1. The Kier molecular flexibility index (Phi) is 6.64. The number of aromatic nitrogens is 1. The molecule has 0 spiro atoms. The maximum atomic E-state index is 12.1. The van der Waals surface area contributed by atoms with Gasteiger partial charge in [-0.05, 0) is 12.1 Å². The molecule has 2 heterocycles. The average Bonchev–Trinajstić information content (AvgIpc) is 2.81. The molecule has 26 heavy (non-hydrogen) atoms. The molecule has 15 heteroatoms. The molecule has 0 radical (unpaired) electrons. The standard InChI is InChI=1S/C11H16N2O11P2/c14-5-7-8(15)9(23-26(20,21)24-25(17,18)19)11(22-7)13-10(16)6-2-1-3-12-4-6/h1-4,7-9,11,14-15H,5H2,(H,13,16)(H,20,21)(H2,17,18,19)/t7-,8-,9-,11?/m1/s1. The van der Waals surface area contributed by atoms with Crippen molar-refractivity contribution in [2.75, 3.05) is 6.61 Å². The number of hydrogen-bond donors (Lipinski definition) is 6. The van der Waals surface area contributed by atoms with E-state index in [0.29, 0.717) is 0 Å². The van der Waals surface area contributed by atoms with Gasteiger partial charge in [-0.3, -0.25) is 14.3 Å². The maximum absolute atomic E-state index is 12.1. The van der Waals surface area contributed by atoms with Crippen molar-refractivity contribution in [3.05, 3.63) is 30.1 Å². The molecule has 1 amide bonds. The van der Waals surface area contributed by atoms with Gasteiger partial charge in [0, 0.05) is 12.4 Å². The summed E-state index contributed by atoms with van der Waals surface area (Å²) in [5.74, 6) is -0.744. The summed E-state index contributed by atoms with van der Waals surface area (Å²) in [4.78, 5) is 42.5. The molecular weight excluding hydrogens is 398 g/mol. The van der Waals surface area contributed by atoms with Crippen LogP contribution in [0.4, 0.5) is 0 Å². The minimum absolute atomic E-state index is 0.0930. The van der Waals surface area contributed by atoms with Gasteiger partial charge < -0.3 is 34.9 Å². The van der Waals surface area contributed by atoms with Crippen LogP contribution in [0.5, 0.6) is 0 Å². The Hall–Kier alpha value is -1.24.